The number of nitrogen functional groups attached to an aromatic ring is 1. The Morgan fingerprint density at radius 3 is 2.52 bits per heavy atom. The summed E-state index contributed by atoms with van der Waals surface area (Å²) >= 11 is 2.81. The molecule has 46 heavy (non-hydrogen) atoms. The molecule has 5 heterocycles. The Kier molecular flexibility index (Phi) is 9.68. The third kappa shape index (κ3) is 7.23. The quantitative estimate of drug-likeness (QED) is 0.212. The monoisotopic (exact) mass is 671 g/mol. The highest BCUT2D eigenvalue weighted by atomic mass is 32.2. The fourth-order valence-corrected chi connectivity index (χ4v) is 8.33. The van der Waals surface area contributed by atoms with Crippen LogP contribution < -0.4 is 11.1 Å². The van der Waals surface area contributed by atoms with Gasteiger partial charge in [-0.1, -0.05) is 18.0 Å². The molecular formula is C32H40F3N9S2. The summed E-state index contributed by atoms with van der Waals surface area (Å²) < 4.78 is 43.6. The van der Waals surface area contributed by atoms with E-state index in [-0.39, 0.29) is 16.9 Å². The van der Waals surface area contributed by atoms with E-state index in [1.165, 1.54) is 17.2 Å². The predicted octanol–water partition coefficient (Wildman–Crippen LogP) is 5.87. The van der Waals surface area contributed by atoms with E-state index in [9.17, 15) is 18.4 Å². The minimum atomic E-state index is -4.28. The van der Waals surface area contributed by atoms with Gasteiger partial charge in [-0.3, -0.25) is 9.80 Å². The molecule has 2 saturated heterocycles. The predicted molar refractivity (Wildman–Crippen MR) is 181 cm³/mol. The highest BCUT2D eigenvalue weighted by Crippen LogP contribution is 2.34. The van der Waals surface area contributed by atoms with Crippen LogP contribution >= 0.6 is 23.3 Å². The van der Waals surface area contributed by atoms with Gasteiger partial charge in [-0.25, -0.2) is 9.29 Å². The Morgan fingerprint density at radius 2 is 1.85 bits per heavy atom. The number of nitrogens with zero attached hydrogens (tertiary/aromatic N) is 7. The lowest BCUT2D eigenvalue weighted by Gasteiger charge is -2.37. The molecule has 4 aromatic rings. The van der Waals surface area contributed by atoms with Crippen molar-refractivity contribution in [1.29, 1.82) is 5.26 Å². The smallest absolute Gasteiger partial charge is 0.368 e. The molecule has 2 aliphatic heterocycles. The van der Waals surface area contributed by atoms with Gasteiger partial charge in [-0.15, -0.1) is 11.3 Å². The zero-order valence-electron chi connectivity index (χ0n) is 26.4. The van der Waals surface area contributed by atoms with Crippen molar-refractivity contribution in [2.24, 2.45) is 0 Å². The van der Waals surface area contributed by atoms with Crippen LogP contribution in [0.1, 0.15) is 41.5 Å². The van der Waals surface area contributed by atoms with Crippen LogP contribution in [0, 0.1) is 18.3 Å². The maximum Gasteiger partial charge on any atom is 0.393 e. The van der Waals surface area contributed by atoms with Gasteiger partial charge in [-0.05, 0) is 62.3 Å². The molecule has 2 fully saturated rings. The van der Waals surface area contributed by atoms with Crippen molar-refractivity contribution in [3.63, 3.8) is 0 Å². The number of thiophene rings is 1. The average Bonchev–Trinajstić information content (AvgIpc) is 3.59. The zero-order chi connectivity index (χ0) is 32.6. The van der Waals surface area contributed by atoms with Gasteiger partial charge in [0.05, 0.1) is 11.8 Å². The second-order valence-electron chi connectivity index (χ2n) is 12.4. The fraction of sp³-hybridized carbons (Fsp3) is 0.531. The Balaban J connectivity index is 1.10. The van der Waals surface area contributed by atoms with Crippen molar-refractivity contribution in [2.45, 2.75) is 64.5 Å². The molecule has 6 rings (SSSR count). The maximum absolute atomic E-state index is 13.0. The van der Waals surface area contributed by atoms with Crippen LogP contribution in [0.3, 0.4) is 0 Å². The summed E-state index contributed by atoms with van der Waals surface area (Å²) in [6, 6.07) is 10.8. The Bertz CT molecular complexity index is 1730. The molecule has 2 aliphatic rings. The number of aromatic nitrogens is 3. The molecule has 9 nitrogen and oxygen atoms in total. The van der Waals surface area contributed by atoms with Crippen molar-refractivity contribution in [3.8, 4) is 6.07 Å². The number of hydrogen-bond donors (Lipinski definition) is 2. The number of benzene rings is 1. The zero-order valence-corrected chi connectivity index (χ0v) is 28.0. The van der Waals surface area contributed by atoms with Crippen LogP contribution in [0.4, 0.5) is 24.9 Å². The number of halogens is 3. The molecule has 0 spiro atoms. The number of alkyl halides is 3. The SMILES string of the molecule is CSN1CCN([C@@H](C)Cn2c(C#N)cc3c(C)c(CN4CCC(Nc5nc(N)nc6sc(CC(F)(F)F)cc56)CC4)ccc32)CC1. The number of rotatable bonds is 9. The summed E-state index contributed by atoms with van der Waals surface area (Å²) in [5.41, 5.74) is 10.2. The minimum absolute atomic E-state index is 0.0514. The molecule has 246 valence electrons. The van der Waals surface area contributed by atoms with E-state index in [1.807, 2.05) is 6.07 Å². The van der Waals surface area contributed by atoms with Crippen LogP contribution in [0.2, 0.25) is 0 Å². The highest BCUT2D eigenvalue weighted by Gasteiger charge is 2.30. The molecular weight excluding hydrogens is 632 g/mol. The van der Waals surface area contributed by atoms with Gasteiger partial charge in [0, 0.05) is 80.2 Å². The minimum Gasteiger partial charge on any atom is -0.368 e. The number of piperidine rings is 1. The summed E-state index contributed by atoms with van der Waals surface area (Å²) in [5.74, 6) is 0.553. The van der Waals surface area contributed by atoms with Crippen LogP contribution in [0.25, 0.3) is 21.1 Å². The van der Waals surface area contributed by atoms with Crippen molar-refractivity contribution in [2.75, 3.05) is 56.6 Å². The molecule has 0 aliphatic carbocycles. The first-order valence-electron chi connectivity index (χ1n) is 15.7. The number of fused-ring (bicyclic) bond motifs is 2. The first kappa shape index (κ1) is 32.8. The summed E-state index contributed by atoms with van der Waals surface area (Å²) in [6.45, 7) is 11.9. The van der Waals surface area contributed by atoms with E-state index in [1.54, 1.807) is 11.9 Å². The average molecular weight is 672 g/mol. The van der Waals surface area contributed by atoms with E-state index in [2.05, 4.69) is 72.3 Å². The molecule has 0 amide bonds. The van der Waals surface area contributed by atoms with Crippen LogP contribution in [-0.4, -0.2) is 92.4 Å². The molecule has 1 atom stereocenters. The summed E-state index contributed by atoms with van der Waals surface area (Å²) in [5, 5.41) is 15.2. The largest absolute Gasteiger partial charge is 0.393 e. The van der Waals surface area contributed by atoms with Crippen molar-refractivity contribution >= 4 is 56.2 Å². The second-order valence-corrected chi connectivity index (χ2v) is 14.4. The van der Waals surface area contributed by atoms with Gasteiger partial charge in [0.25, 0.3) is 0 Å². The number of aryl methyl sites for hydroxylation is 1. The van der Waals surface area contributed by atoms with Crippen LogP contribution in [-0.2, 0) is 19.5 Å². The second kappa shape index (κ2) is 13.6. The van der Waals surface area contributed by atoms with Crippen molar-refractivity contribution < 1.29 is 13.2 Å². The Morgan fingerprint density at radius 1 is 1.11 bits per heavy atom. The summed E-state index contributed by atoms with van der Waals surface area (Å²) in [4.78, 5) is 14.1. The highest BCUT2D eigenvalue weighted by molar-refractivity contribution is 7.96. The summed E-state index contributed by atoms with van der Waals surface area (Å²) in [7, 11) is 0. The van der Waals surface area contributed by atoms with E-state index < -0.39 is 12.6 Å². The molecule has 14 heteroatoms. The Hall–Kier alpha value is -3.09. The number of anilines is 2. The molecule has 0 radical (unpaired) electrons. The number of nitrogens with two attached hydrogens (primary N) is 1. The van der Waals surface area contributed by atoms with E-state index in [0.29, 0.717) is 27.8 Å². The molecule has 3 aromatic heterocycles. The lowest BCUT2D eigenvalue weighted by molar-refractivity contribution is -0.126. The molecule has 3 N–H and O–H groups in total. The normalized spacial score (nSPS) is 18.4. The van der Waals surface area contributed by atoms with E-state index in [4.69, 9.17) is 5.73 Å². The number of hydrogen-bond acceptors (Lipinski definition) is 10. The van der Waals surface area contributed by atoms with Gasteiger partial charge in [0.2, 0.25) is 5.95 Å². The maximum atomic E-state index is 13.0. The van der Waals surface area contributed by atoms with Gasteiger partial charge in [-0.2, -0.15) is 23.4 Å². The lowest BCUT2D eigenvalue weighted by atomic mass is 10.0. The van der Waals surface area contributed by atoms with Gasteiger partial charge in [0.1, 0.15) is 22.4 Å². The van der Waals surface area contributed by atoms with Gasteiger partial charge >= 0.3 is 6.18 Å². The first-order valence-corrected chi connectivity index (χ1v) is 17.7. The number of likely N-dealkylation sites (tertiary alicyclic amines) is 1. The standard InChI is InChI=1S/C32H40F3N9S2/c1-20(42-10-12-43(45-3)13-11-42)18-44-24(17-36)14-26-21(2)22(4-5-28(26)44)19-41-8-6-23(7-9-41)38-29-27-15-25(16-32(33,34)35)46-30(27)40-31(37)39-29/h4-5,14-15,20,23H,6-13,16,18-19H2,1-3H3,(H3,37,38,39,40)/t20-/m0/s1. The third-order valence-electron chi connectivity index (χ3n) is 9.34. The molecule has 1 aromatic carbocycles. The fourth-order valence-electron chi connectivity index (χ4n) is 6.74. The third-order valence-corrected chi connectivity index (χ3v) is 11.3. The van der Waals surface area contributed by atoms with Crippen molar-refractivity contribution in [1.82, 2.24) is 28.6 Å². The van der Waals surface area contributed by atoms with Gasteiger partial charge in [0.15, 0.2) is 0 Å². The van der Waals surface area contributed by atoms with E-state index >= 15 is 0 Å². The molecule has 0 unspecified atom stereocenters. The molecule has 0 saturated carbocycles. The van der Waals surface area contributed by atoms with Crippen molar-refractivity contribution in [3.05, 3.63) is 46.0 Å². The van der Waals surface area contributed by atoms with Crippen LogP contribution in [0.5, 0.6) is 0 Å². The number of piperazine rings is 1. The van der Waals surface area contributed by atoms with E-state index in [0.717, 1.165) is 87.4 Å². The van der Waals surface area contributed by atoms with Gasteiger partial charge < -0.3 is 15.6 Å². The molecule has 0 bridgehead atoms. The Labute approximate surface area is 275 Å². The topological polar surface area (TPSA) is 102 Å². The first-order chi connectivity index (χ1) is 22.0. The lowest BCUT2D eigenvalue weighted by Crippen LogP contribution is -2.48. The van der Waals surface area contributed by atoms with Crippen LogP contribution in [0.15, 0.2) is 24.3 Å². The summed E-state index contributed by atoms with van der Waals surface area (Å²) in [6.07, 6.45) is -1.42. The number of nitriles is 1. The number of nitrogens with one attached hydrogen (secondary N) is 1.